The molecule has 37 heavy (non-hydrogen) atoms. The molecule has 0 fully saturated rings. The number of thiophene rings is 1. The topological polar surface area (TPSA) is 136 Å². The minimum Gasteiger partial charge on any atom is -0.497 e. The largest absolute Gasteiger partial charge is 0.497 e. The van der Waals surface area contributed by atoms with Crippen LogP contribution in [0, 0.1) is 0 Å². The number of hydrogen-bond donors (Lipinski definition) is 3. The summed E-state index contributed by atoms with van der Waals surface area (Å²) in [7, 11) is -1.16. The minimum absolute atomic E-state index is 0.119. The number of hydroxylamine groups is 1. The molecular weight excluding hydrogens is 518 g/mol. The van der Waals surface area contributed by atoms with E-state index in [0.29, 0.717) is 34.0 Å². The van der Waals surface area contributed by atoms with E-state index in [9.17, 15) is 28.3 Å². The molecule has 2 aromatic carbocycles. The van der Waals surface area contributed by atoms with Crippen LogP contribution in [-0.4, -0.2) is 66.5 Å². The summed E-state index contributed by atoms with van der Waals surface area (Å²) >= 11 is 1.01. The van der Waals surface area contributed by atoms with Crippen LogP contribution < -0.4 is 10.2 Å². The summed E-state index contributed by atoms with van der Waals surface area (Å²) in [4.78, 5) is 27.7. The third-order valence-electron chi connectivity index (χ3n) is 6.23. The van der Waals surface area contributed by atoms with Gasteiger partial charge >= 0.3 is 0 Å². The zero-order valence-electron chi connectivity index (χ0n) is 20.2. The van der Waals surface area contributed by atoms with Gasteiger partial charge in [-0.25, -0.2) is 13.9 Å². The molecule has 0 saturated carbocycles. The maximum absolute atomic E-state index is 13.5. The average molecular weight is 546 g/mol. The number of fused-ring (bicyclic) bond motifs is 1. The number of nitrogens with zero attached hydrogens (tertiary/aromatic N) is 2. The third-order valence-corrected chi connectivity index (χ3v) is 9.30. The van der Waals surface area contributed by atoms with Gasteiger partial charge in [0, 0.05) is 25.0 Å². The molecule has 1 aliphatic rings. The number of ether oxygens (including phenoxy) is 1. The molecule has 2 heterocycles. The normalized spacial score (nSPS) is 17.6. The number of hydrogen-bond acceptors (Lipinski definition) is 8. The van der Waals surface area contributed by atoms with Crippen molar-refractivity contribution in [2.45, 2.75) is 30.0 Å². The van der Waals surface area contributed by atoms with E-state index < -0.39 is 28.1 Å². The van der Waals surface area contributed by atoms with Crippen LogP contribution in [0.1, 0.15) is 31.8 Å². The lowest BCUT2D eigenvalue weighted by Gasteiger charge is -2.36. The van der Waals surface area contributed by atoms with Gasteiger partial charge in [-0.15, -0.1) is 11.3 Å². The first-order valence-electron chi connectivity index (χ1n) is 11.4. The van der Waals surface area contributed by atoms with Gasteiger partial charge in [0.1, 0.15) is 17.9 Å². The summed E-state index contributed by atoms with van der Waals surface area (Å²) < 4.78 is 32.9. The molecule has 3 N–H and O–H groups in total. The van der Waals surface area contributed by atoms with E-state index in [4.69, 9.17) is 4.74 Å². The molecule has 0 bridgehead atoms. The Hall–Kier alpha value is -3.29. The fraction of sp³-hybridized carbons (Fsp3) is 0.280. The first-order valence-corrected chi connectivity index (χ1v) is 13.6. The van der Waals surface area contributed by atoms with E-state index in [1.165, 1.54) is 36.9 Å². The maximum atomic E-state index is 13.5. The number of rotatable bonds is 8. The third kappa shape index (κ3) is 5.38. The lowest BCUT2D eigenvalue weighted by atomic mass is 10.0. The van der Waals surface area contributed by atoms with Crippen LogP contribution in [-0.2, 0) is 27.8 Å². The number of aliphatic hydroxyl groups excluding tert-OH is 1. The van der Waals surface area contributed by atoms with Crippen LogP contribution in [0.4, 0.5) is 0 Å². The number of benzene rings is 2. The first-order chi connectivity index (χ1) is 17.7. The minimum atomic E-state index is -4.28. The van der Waals surface area contributed by atoms with E-state index in [-0.39, 0.29) is 17.3 Å². The van der Waals surface area contributed by atoms with Gasteiger partial charge in [-0.3, -0.25) is 14.8 Å². The van der Waals surface area contributed by atoms with E-state index in [0.717, 1.165) is 21.2 Å². The predicted octanol–water partition coefficient (Wildman–Crippen LogP) is 2.18. The molecule has 0 saturated heterocycles. The van der Waals surface area contributed by atoms with Crippen molar-refractivity contribution in [1.82, 2.24) is 14.7 Å². The van der Waals surface area contributed by atoms with E-state index in [2.05, 4.69) is 0 Å². The Morgan fingerprint density at radius 1 is 1.16 bits per heavy atom. The Morgan fingerprint density at radius 2 is 1.84 bits per heavy atom. The van der Waals surface area contributed by atoms with Gasteiger partial charge in [-0.05, 0) is 47.9 Å². The molecule has 196 valence electrons. The van der Waals surface area contributed by atoms with Gasteiger partial charge < -0.3 is 14.7 Å². The fourth-order valence-electron chi connectivity index (χ4n) is 4.18. The molecule has 10 nitrogen and oxygen atoms in total. The SMILES string of the molecule is COc1ccc(S(=O)(=O)N2Cc3cc(C(=O)N(C)CCc4ccccc4)sc3C(O)C2C(=O)NO)cc1. The van der Waals surface area contributed by atoms with Crippen LogP contribution in [0.15, 0.2) is 65.6 Å². The highest BCUT2D eigenvalue weighted by atomic mass is 32.2. The zero-order chi connectivity index (χ0) is 26.7. The second-order valence-corrected chi connectivity index (χ2v) is 11.5. The molecule has 0 aliphatic carbocycles. The van der Waals surface area contributed by atoms with Crippen molar-refractivity contribution in [3.63, 3.8) is 0 Å². The number of carbonyl (C=O) groups excluding carboxylic acids is 2. The molecule has 2 atom stereocenters. The maximum Gasteiger partial charge on any atom is 0.264 e. The number of amides is 2. The molecule has 0 radical (unpaired) electrons. The molecule has 12 heteroatoms. The Morgan fingerprint density at radius 3 is 2.46 bits per heavy atom. The van der Waals surface area contributed by atoms with Crippen molar-refractivity contribution in [2.24, 2.45) is 0 Å². The Kier molecular flexibility index (Phi) is 7.95. The Labute approximate surface area is 218 Å². The van der Waals surface area contributed by atoms with Gasteiger partial charge in [-0.1, -0.05) is 30.3 Å². The number of methoxy groups -OCH3 is 1. The van der Waals surface area contributed by atoms with Crippen molar-refractivity contribution < 1.29 is 33.1 Å². The number of sulfonamides is 1. The number of aliphatic hydroxyl groups is 1. The summed E-state index contributed by atoms with van der Waals surface area (Å²) in [5.74, 6) is -0.923. The molecule has 1 aromatic heterocycles. The molecule has 3 aromatic rings. The highest BCUT2D eigenvalue weighted by Crippen LogP contribution is 2.40. The van der Waals surface area contributed by atoms with Gasteiger partial charge in [0.05, 0.1) is 16.9 Å². The number of carbonyl (C=O) groups is 2. The van der Waals surface area contributed by atoms with Gasteiger partial charge in [0.15, 0.2) is 0 Å². The summed E-state index contributed by atoms with van der Waals surface area (Å²) in [5.41, 5.74) is 2.95. The summed E-state index contributed by atoms with van der Waals surface area (Å²) in [6, 6.07) is 15.2. The lowest BCUT2D eigenvalue weighted by molar-refractivity contribution is -0.137. The second-order valence-electron chi connectivity index (χ2n) is 8.55. The average Bonchev–Trinajstić information content (AvgIpc) is 3.36. The predicted molar refractivity (Wildman–Crippen MR) is 136 cm³/mol. The quantitative estimate of drug-likeness (QED) is 0.292. The molecule has 2 amide bonds. The molecule has 0 spiro atoms. The smallest absolute Gasteiger partial charge is 0.264 e. The Balaban J connectivity index is 1.62. The van der Waals surface area contributed by atoms with Crippen LogP contribution in [0.25, 0.3) is 0 Å². The van der Waals surface area contributed by atoms with Crippen LogP contribution in [0.5, 0.6) is 5.75 Å². The van der Waals surface area contributed by atoms with Crippen LogP contribution in [0.2, 0.25) is 0 Å². The van der Waals surface area contributed by atoms with Crippen LogP contribution >= 0.6 is 11.3 Å². The van der Waals surface area contributed by atoms with Crippen molar-refractivity contribution in [2.75, 3.05) is 20.7 Å². The number of likely N-dealkylation sites (N-methyl/N-ethyl adjacent to an activating group) is 1. The molecule has 4 rings (SSSR count). The van der Waals surface area contributed by atoms with Gasteiger partial charge in [-0.2, -0.15) is 4.31 Å². The van der Waals surface area contributed by atoms with Crippen molar-refractivity contribution in [3.8, 4) is 5.75 Å². The summed E-state index contributed by atoms with van der Waals surface area (Å²) in [6.07, 6.45) is -0.936. The molecule has 1 aliphatic heterocycles. The Bertz CT molecular complexity index is 1380. The van der Waals surface area contributed by atoms with Crippen LogP contribution in [0.3, 0.4) is 0 Å². The van der Waals surface area contributed by atoms with E-state index in [1.54, 1.807) is 18.0 Å². The van der Waals surface area contributed by atoms with E-state index >= 15 is 0 Å². The van der Waals surface area contributed by atoms with Gasteiger partial charge in [0.2, 0.25) is 10.0 Å². The number of nitrogens with one attached hydrogen (secondary N) is 1. The molecular formula is C25H27N3O7S2. The second kappa shape index (κ2) is 11.0. The molecule has 2 unspecified atom stereocenters. The van der Waals surface area contributed by atoms with E-state index in [1.807, 2.05) is 30.3 Å². The van der Waals surface area contributed by atoms with Gasteiger partial charge in [0.25, 0.3) is 11.8 Å². The summed E-state index contributed by atoms with van der Waals surface area (Å²) in [5, 5.41) is 20.3. The zero-order valence-corrected chi connectivity index (χ0v) is 21.8. The van der Waals surface area contributed by atoms with Crippen molar-refractivity contribution in [3.05, 3.63) is 81.5 Å². The highest BCUT2D eigenvalue weighted by Gasteiger charge is 2.46. The van der Waals surface area contributed by atoms with Crippen molar-refractivity contribution >= 4 is 33.2 Å². The summed E-state index contributed by atoms with van der Waals surface area (Å²) in [6.45, 7) is 0.192. The monoisotopic (exact) mass is 545 g/mol. The standard InChI is InChI=1S/C25H27N3O7S2/c1-27(13-12-16-6-4-3-5-7-16)25(31)20-14-17-15-28(21(24(30)26-32)22(29)23(17)36-20)37(33,34)19-10-8-18(35-2)9-11-19/h3-11,14,21-22,29,32H,12-13,15H2,1-2H3,(H,26,30). The lowest BCUT2D eigenvalue weighted by Crippen LogP contribution is -2.53. The first kappa shape index (κ1) is 26.8. The fourth-order valence-corrected chi connectivity index (χ4v) is 6.93. The van der Waals surface area contributed by atoms with Crippen molar-refractivity contribution in [1.29, 1.82) is 0 Å². The highest BCUT2D eigenvalue weighted by molar-refractivity contribution is 7.89.